The first-order valence-electron chi connectivity index (χ1n) is 6.24. The highest BCUT2D eigenvalue weighted by molar-refractivity contribution is 5.07. The van der Waals surface area contributed by atoms with E-state index in [4.69, 9.17) is 23.7 Å². The molecule has 0 saturated carbocycles. The van der Waals surface area contributed by atoms with Crippen molar-refractivity contribution in [2.75, 3.05) is 13.2 Å². The van der Waals surface area contributed by atoms with Crippen molar-refractivity contribution in [1.82, 2.24) is 0 Å². The summed E-state index contributed by atoms with van der Waals surface area (Å²) in [5.74, 6) is -1.51. The number of fused-ring (bicyclic) bond motifs is 3. The summed E-state index contributed by atoms with van der Waals surface area (Å²) in [6.07, 6.45) is -1.27. The van der Waals surface area contributed by atoms with Crippen LogP contribution in [0.1, 0.15) is 27.7 Å². The van der Waals surface area contributed by atoms with Gasteiger partial charge in [0.1, 0.15) is 12.2 Å². The summed E-state index contributed by atoms with van der Waals surface area (Å²) >= 11 is 0. The molecule has 3 fully saturated rings. The van der Waals surface area contributed by atoms with Gasteiger partial charge in [0.15, 0.2) is 23.5 Å². The Bertz CT molecular complexity index is 354. The molecule has 0 aliphatic carbocycles. The first-order valence-corrected chi connectivity index (χ1v) is 6.24. The normalized spacial score (nSPS) is 48.8. The van der Waals surface area contributed by atoms with Gasteiger partial charge < -0.3 is 28.8 Å². The van der Waals surface area contributed by atoms with Gasteiger partial charge in [0, 0.05) is 0 Å². The lowest BCUT2D eigenvalue weighted by Crippen LogP contribution is -2.62. The van der Waals surface area contributed by atoms with Crippen LogP contribution in [0, 0.1) is 0 Å². The average Bonchev–Trinajstić information content (AvgIpc) is 2.70. The second-order valence-corrected chi connectivity index (χ2v) is 5.99. The highest BCUT2D eigenvalue weighted by Gasteiger charge is 2.67. The fraction of sp³-hybridized carbons (Fsp3) is 1.00. The molecule has 0 bridgehead atoms. The van der Waals surface area contributed by atoms with E-state index in [-0.39, 0.29) is 12.7 Å². The van der Waals surface area contributed by atoms with Gasteiger partial charge in [-0.05, 0) is 27.7 Å². The Kier molecular flexibility index (Phi) is 2.59. The molecule has 0 radical (unpaired) electrons. The third-order valence-electron chi connectivity index (χ3n) is 3.55. The molecule has 0 aromatic rings. The molecule has 0 unspecified atom stereocenters. The van der Waals surface area contributed by atoms with Crippen LogP contribution < -0.4 is 0 Å². The van der Waals surface area contributed by atoms with Crippen molar-refractivity contribution in [2.45, 2.75) is 63.4 Å². The van der Waals surface area contributed by atoms with E-state index >= 15 is 0 Å². The molecule has 6 nitrogen and oxygen atoms in total. The molecule has 0 spiro atoms. The summed E-state index contributed by atoms with van der Waals surface area (Å²) in [5.41, 5.74) is -1.01. The highest BCUT2D eigenvalue weighted by atomic mass is 16.9. The van der Waals surface area contributed by atoms with E-state index in [1.165, 1.54) is 0 Å². The van der Waals surface area contributed by atoms with Gasteiger partial charge in [-0.1, -0.05) is 0 Å². The quantitative estimate of drug-likeness (QED) is 0.735. The van der Waals surface area contributed by atoms with Crippen molar-refractivity contribution >= 4 is 0 Å². The van der Waals surface area contributed by atoms with E-state index in [1.54, 1.807) is 13.8 Å². The van der Waals surface area contributed by atoms with Crippen LogP contribution in [0.2, 0.25) is 0 Å². The van der Waals surface area contributed by atoms with Crippen molar-refractivity contribution < 1.29 is 28.8 Å². The minimum absolute atomic E-state index is 0.234. The van der Waals surface area contributed by atoms with Gasteiger partial charge in [-0.25, -0.2) is 0 Å². The Morgan fingerprint density at radius 3 is 2.44 bits per heavy atom. The maximum absolute atomic E-state index is 9.78. The van der Waals surface area contributed by atoms with Crippen LogP contribution in [0.5, 0.6) is 0 Å². The average molecular weight is 260 g/mol. The van der Waals surface area contributed by atoms with Crippen molar-refractivity contribution in [1.29, 1.82) is 0 Å². The predicted octanol–water partition coefficient (Wildman–Crippen LogP) is 0.377. The van der Waals surface area contributed by atoms with E-state index in [1.807, 2.05) is 13.8 Å². The topological polar surface area (TPSA) is 66.4 Å². The molecule has 3 aliphatic heterocycles. The Hall–Kier alpha value is -0.240. The minimum Gasteiger partial charge on any atom is -0.393 e. The summed E-state index contributed by atoms with van der Waals surface area (Å²) in [6, 6.07) is 0. The fourth-order valence-electron chi connectivity index (χ4n) is 3.01. The third-order valence-corrected chi connectivity index (χ3v) is 3.55. The SMILES string of the molecule is CC1(C)O[C@@H]2CO[C@@H]3OC(C)(C)O[C@@]3(CO)[C@H]2O1. The number of aliphatic hydroxyl groups is 1. The van der Waals surface area contributed by atoms with Crippen LogP contribution in [-0.4, -0.2) is 54.0 Å². The number of rotatable bonds is 1. The van der Waals surface area contributed by atoms with Crippen molar-refractivity contribution in [3.63, 3.8) is 0 Å². The van der Waals surface area contributed by atoms with E-state index in [0.717, 1.165) is 0 Å². The van der Waals surface area contributed by atoms with Crippen molar-refractivity contribution in [2.24, 2.45) is 0 Å². The van der Waals surface area contributed by atoms with Crippen LogP contribution in [0.4, 0.5) is 0 Å². The van der Waals surface area contributed by atoms with Crippen LogP contribution in [0.25, 0.3) is 0 Å². The highest BCUT2D eigenvalue weighted by Crippen LogP contribution is 2.48. The summed E-state index contributed by atoms with van der Waals surface area (Å²) in [6.45, 7) is 7.41. The van der Waals surface area contributed by atoms with Crippen LogP contribution in [0.15, 0.2) is 0 Å². The molecular weight excluding hydrogens is 240 g/mol. The Balaban J connectivity index is 1.95. The maximum Gasteiger partial charge on any atom is 0.195 e. The summed E-state index contributed by atoms with van der Waals surface area (Å²) in [5, 5.41) is 9.78. The molecule has 1 N–H and O–H groups in total. The molecule has 4 atom stereocenters. The van der Waals surface area contributed by atoms with Crippen LogP contribution in [0.3, 0.4) is 0 Å². The monoisotopic (exact) mass is 260 g/mol. The summed E-state index contributed by atoms with van der Waals surface area (Å²) in [7, 11) is 0. The molecule has 3 rings (SSSR count). The van der Waals surface area contributed by atoms with Gasteiger partial charge in [0.25, 0.3) is 0 Å². The molecule has 0 aromatic carbocycles. The molecule has 0 aromatic heterocycles. The van der Waals surface area contributed by atoms with Gasteiger partial charge in [0.05, 0.1) is 13.2 Å². The Morgan fingerprint density at radius 2 is 1.78 bits per heavy atom. The van der Waals surface area contributed by atoms with E-state index < -0.39 is 29.6 Å². The smallest absolute Gasteiger partial charge is 0.195 e. The largest absolute Gasteiger partial charge is 0.393 e. The van der Waals surface area contributed by atoms with E-state index in [2.05, 4.69) is 0 Å². The predicted molar refractivity (Wildman–Crippen MR) is 59.6 cm³/mol. The number of hydrogen-bond acceptors (Lipinski definition) is 6. The number of aliphatic hydroxyl groups excluding tert-OH is 1. The molecule has 6 heteroatoms. The zero-order valence-corrected chi connectivity index (χ0v) is 11.1. The third kappa shape index (κ3) is 1.71. The lowest BCUT2D eigenvalue weighted by molar-refractivity contribution is -0.241. The second kappa shape index (κ2) is 3.65. The number of hydrogen-bond donors (Lipinski definition) is 1. The standard InChI is InChI=1S/C12H20O6/c1-10(2)15-7-5-14-9-12(6-13,8(7)16-10)18-11(3,4)17-9/h7-9,13H,5-6H2,1-4H3/t7-,8+,9-,12+/m1/s1. The van der Waals surface area contributed by atoms with Gasteiger partial charge >= 0.3 is 0 Å². The van der Waals surface area contributed by atoms with Crippen molar-refractivity contribution in [3.8, 4) is 0 Å². The van der Waals surface area contributed by atoms with Crippen LogP contribution in [-0.2, 0) is 23.7 Å². The van der Waals surface area contributed by atoms with Gasteiger partial charge in [-0.3, -0.25) is 0 Å². The molecule has 3 heterocycles. The molecule has 3 saturated heterocycles. The van der Waals surface area contributed by atoms with Gasteiger partial charge in [-0.15, -0.1) is 0 Å². The molecule has 0 amide bonds. The Labute approximate surface area is 106 Å². The fourth-order valence-corrected chi connectivity index (χ4v) is 3.01. The summed E-state index contributed by atoms with van der Waals surface area (Å²) in [4.78, 5) is 0. The van der Waals surface area contributed by atoms with E-state index in [9.17, 15) is 5.11 Å². The van der Waals surface area contributed by atoms with Crippen molar-refractivity contribution in [3.05, 3.63) is 0 Å². The van der Waals surface area contributed by atoms with Gasteiger partial charge in [0.2, 0.25) is 0 Å². The van der Waals surface area contributed by atoms with Gasteiger partial charge in [-0.2, -0.15) is 0 Å². The second-order valence-electron chi connectivity index (χ2n) is 5.99. The lowest BCUT2D eigenvalue weighted by Gasteiger charge is -2.41. The zero-order chi connectivity index (χ0) is 13.2. The first-order chi connectivity index (χ1) is 8.28. The van der Waals surface area contributed by atoms with Crippen LogP contribution >= 0.6 is 0 Å². The zero-order valence-electron chi connectivity index (χ0n) is 11.1. The first kappa shape index (κ1) is 12.8. The number of ether oxygens (including phenoxy) is 5. The minimum atomic E-state index is -1.01. The summed E-state index contributed by atoms with van der Waals surface area (Å²) < 4.78 is 28.9. The van der Waals surface area contributed by atoms with E-state index in [0.29, 0.717) is 6.61 Å². The molecule has 104 valence electrons. The lowest BCUT2D eigenvalue weighted by atomic mass is 9.90. The molecular formula is C12H20O6. The molecule has 3 aliphatic rings. The Morgan fingerprint density at radius 1 is 1.06 bits per heavy atom. The maximum atomic E-state index is 9.78. The molecule has 18 heavy (non-hydrogen) atoms.